The van der Waals surface area contributed by atoms with Crippen molar-refractivity contribution in [1.82, 2.24) is 29.9 Å². The highest BCUT2D eigenvalue weighted by atomic mass is 16.3. The molecule has 0 aliphatic rings. The maximum Gasteiger partial charge on any atom is 0.227 e. The highest BCUT2D eigenvalue weighted by Crippen LogP contribution is 2.35. The molecule has 51 heavy (non-hydrogen) atoms. The number of rotatable bonds is 5. The second-order valence-corrected chi connectivity index (χ2v) is 12.3. The van der Waals surface area contributed by atoms with E-state index in [-0.39, 0.29) is 0 Å². The van der Waals surface area contributed by atoms with Crippen molar-refractivity contribution in [3.63, 3.8) is 0 Å². The lowest BCUT2D eigenvalue weighted by atomic mass is 10.0. The van der Waals surface area contributed by atoms with Crippen molar-refractivity contribution < 1.29 is 4.42 Å². The Labute approximate surface area is 292 Å². The minimum Gasteiger partial charge on any atom is -0.438 e. The van der Waals surface area contributed by atoms with E-state index in [0.717, 1.165) is 66.0 Å². The first-order valence-electron chi connectivity index (χ1n) is 16.7. The Balaban J connectivity index is 1.12. The molecule has 4 aromatic heterocycles. The van der Waals surface area contributed by atoms with Crippen LogP contribution in [-0.4, -0.2) is 29.9 Å². The highest BCUT2D eigenvalue weighted by molar-refractivity contribution is 6.10. The van der Waals surface area contributed by atoms with E-state index in [2.05, 4.69) is 36.4 Å². The number of benzene rings is 6. The number of hydrogen-bond acceptors (Lipinski definition) is 7. The smallest absolute Gasteiger partial charge is 0.227 e. The molecule has 7 nitrogen and oxygen atoms in total. The normalized spacial score (nSPS) is 11.5. The Bertz CT molecular complexity index is 2850. The second kappa shape index (κ2) is 11.8. The molecule has 238 valence electrons. The molecular weight excluding hydrogens is 629 g/mol. The van der Waals surface area contributed by atoms with Gasteiger partial charge in [-0.15, -0.1) is 0 Å². The summed E-state index contributed by atoms with van der Waals surface area (Å²) < 4.78 is 6.13. The number of pyridine rings is 1. The lowest BCUT2D eigenvalue weighted by Gasteiger charge is -2.12. The van der Waals surface area contributed by atoms with Crippen LogP contribution in [0.3, 0.4) is 0 Å². The SMILES string of the molecule is c1ccc(-c2nc(-c3ccccc3)nc(-c3ccc(-c4nc(-c5ccc6c(n5)oc5ccccc56)nc5c4ccc4ccccc45)cc3)n2)cc1. The summed E-state index contributed by atoms with van der Waals surface area (Å²) in [7, 11) is 0. The molecule has 0 unspecified atom stereocenters. The van der Waals surface area contributed by atoms with Crippen molar-refractivity contribution >= 4 is 43.7 Å². The number of hydrogen-bond donors (Lipinski definition) is 0. The van der Waals surface area contributed by atoms with E-state index in [1.54, 1.807) is 0 Å². The van der Waals surface area contributed by atoms with Crippen LogP contribution in [0.25, 0.3) is 101 Å². The summed E-state index contributed by atoms with van der Waals surface area (Å²) in [5.74, 6) is 2.36. The van der Waals surface area contributed by atoms with E-state index in [4.69, 9.17) is 34.3 Å². The molecule has 0 fully saturated rings. The Morgan fingerprint density at radius 1 is 0.333 bits per heavy atom. The zero-order valence-corrected chi connectivity index (χ0v) is 27.1. The molecule has 4 heterocycles. The maximum atomic E-state index is 6.13. The molecule has 0 saturated heterocycles. The zero-order valence-electron chi connectivity index (χ0n) is 27.1. The number of fused-ring (bicyclic) bond motifs is 6. The molecule has 0 aliphatic heterocycles. The van der Waals surface area contributed by atoms with E-state index < -0.39 is 0 Å². The quantitative estimate of drug-likeness (QED) is 0.171. The third-order valence-corrected chi connectivity index (χ3v) is 9.18. The summed E-state index contributed by atoms with van der Waals surface area (Å²) in [6, 6.07) is 52.7. The van der Waals surface area contributed by atoms with E-state index in [1.165, 1.54) is 0 Å². The number of para-hydroxylation sites is 1. The van der Waals surface area contributed by atoms with Crippen molar-refractivity contribution in [1.29, 1.82) is 0 Å². The molecule has 0 spiro atoms. The lowest BCUT2D eigenvalue weighted by molar-refractivity contribution is 0.654. The minimum atomic E-state index is 0.526. The van der Waals surface area contributed by atoms with Gasteiger partial charge in [0.05, 0.1) is 11.2 Å². The van der Waals surface area contributed by atoms with Gasteiger partial charge in [0.1, 0.15) is 11.3 Å². The minimum absolute atomic E-state index is 0.526. The van der Waals surface area contributed by atoms with Gasteiger partial charge < -0.3 is 4.42 Å². The standard InChI is InChI=1S/C44H26N6O/c1-3-12-29(13-4-1)40-48-41(30-14-5-2-6-15-30)50-42(49-40)31-21-19-28(20-22-31)38-35-24-23-27-11-7-8-16-32(27)39(35)47-43(46-38)36-26-25-34-33-17-9-10-18-37(33)51-44(34)45-36/h1-26H. The van der Waals surface area contributed by atoms with Crippen molar-refractivity contribution in [2.75, 3.05) is 0 Å². The van der Waals surface area contributed by atoms with Crippen LogP contribution in [-0.2, 0) is 0 Å². The molecule has 0 atom stereocenters. The van der Waals surface area contributed by atoms with Gasteiger partial charge in [-0.05, 0) is 29.7 Å². The summed E-state index contributed by atoms with van der Waals surface area (Å²) in [6.07, 6.45) is 0. The predicted molar refractivity (Wildman–Crippen MR) is 203 cm³/mol. The third-order valence-electron chi connectivity index (χ3n) is 9.18. The van der Waals surface area contributed by atoms with Gasteiger partial charge in [-0.25, -0.2) is 29.9 Å². The fourth-order valence-electron chi connectivity index (χ4n) is 6.64. The zero-order chi connectivity index (χ0) is 33.7. The van der Waals surface area contributed by atoms with Crippen LogP contribution in [0.2, 0.25) is 0 Å². The van der Waals surface area contributed by atoms with Crippen LogP contribution in [0.15, 0.2) is 162 Å². The van der Waals surface area contributed by atoms with Gasteiger partial charge >= 0.3 is 0 Å². The van der Waals surface area contributed by atoms with E-state index in [0.29, 0.717) is 34.7 Å². The van der Waals surface area contributed by atoms with E-state index in [1.807, 2.05) is 121 Å². The largest absolute Gasteiger partial charge is 0.438 e. The molecule has 0 amide bonds. The average molecular weight is 655 g/mol. The summed E-state index contributed by atoms with van der Waals surface area (Å²) in [6.45, 7) is 0. The van der Waals surface area contributed by atoms with Crippen LogP contribution in [0, 0.1) is 0 Å². The van der Waals surface area contributed by atoms with Gasteiger partial charge in [-0.3, -0.25) is 0 Å². The van der Waals surface area contributed by atoms with Gasteiger partial charge in [0, 0.05) is 43.8 Å². The molecule has 0 radical (unpaired) electrons. The average Bonchev–Trinajstić information content (AvgIpc) is 3.59. The molecule has 0 N–H and O–H groups in total. The Morgan fingerprint density at radius 3 is 1.61 bits per heavy atom. The number of aromatic nitrogens is 6. The summed E-state index contributed by atoms with van der Waals surface area (Å²) in [5.41, 5.74) is 7.33. The fraction of sp³-hybridized carbons (Fsp3) is 0. The van der Waals surface area contributed by atoms with Crippen molar-refractivity contribution in [3.05, 3.63) is 158 Å². The molecule has 0 bridgehead atoms. The van der Waals surface area contributed by atoms with Gasteiger partial charge in [-0.2, -0.15) is 0 Å². The van der Waals surface area contributed by atoms with Gasteiger partial charge in [0.15, 0.2) is 23.3 Å². The third kappa shape index (κ3) is 5.07. The molecule has 0 aliphatic carbocycles. The molecular formula is C44H26N6O. The van der Waals surface area contributed by atoms with Gasteiger partial charge in [0.2, 0.25) is 5.71 Å². The van der Waals surface area contributed by atoms with Crippen molar-refractivity contribution in [3.8, 4) is 56.9 Å². The maximum absolute atomic E-state index is 6.13. The highest BCUT2D eigenvalue weighted by Gasteiger charge is 2.18. The monoisotopic (exact) mass is 654 g/mol. The van der Waals surface area contributed by atoms with Crippen molar-refractivity contribution in [2.24, 2.45) is 0 Å². The molecule has 7 heteroatoms. The van der Waals surface area contributed by atoms with Crippen LogP contribution >= 0.6 is 0 Å². The number of nitrogens with zero attached hydrogens (tertiary/aromatic N) is 6. The van der Waals surface area contributed by atoms with Crippen LogP contribution in [0.5, 0.6) is 0 Å². The van der Waals surface area contributed by atoms with Gasteiger partial charge in [0.25, 0.3) is 0 Å². The van der Waals surface area contributed by atoms with Gasteiger partial charge in [-0.1, -0.05) is 133 Å². The Kier molecular flexibility index (Phi) is 6.67. The summed E-state index contributed by atoms with van der Waals surface area (Å²) in [5, 5.41) is 5.10. The molecule has 6 aromatic carbocycles. The summed E-state index contributed by atoms with van der Waals surface area (Å²) in [4.78, 5) is 29.9. The van der Waals surface area contributed by atoms with Crippen LogP contribution < -0.4 is 0 Å². The molecule has 0 saturated carbocycles. The van der Waals surface area contributed by atoms with Crippen LogP contribution in [0.4, 0.5) is 0 Å². The fourth-order valence-corrected chi connectivity index (χ4v) is 6.64. The Hall–Kier alpha value is -7.12. The first kappa shape index (κ1) is 28.9. The Morgan fingerprint density at radius 2 is 0.902 bits per heavy atom. The van der Waals surface area contributed by atoms with E-state index >= 15 is 0 Å². The number of furan rings is 1. The first-order chi connectivity index (χ1) is 25.2. The molecule has 10 rings (SSSR count). The van der Waals surface area contributed by atoms with E-state index in [9.17, 15) is 0 Å². The van der Waals surface area contributed by atoms with Crippen LogP contribution in [0.1, 0.15) is 0 Å². The first-order valence-corrected chi connectivity index (χ1v) is 16.7. The van der Waals surface area contributed by atoms with Crippen molar-refractivity contribution in [2.45, 2.75) is 0 Å². The topological polar surface area (TPSA) is 90.5 Å². The molecule has 10 aromatic rings. The summed E-state index contributed by atoms with van der Waals surface area (Å²) >= 11 is 0. The second-order valence-electron chi connectivity index (χ2n) is 12.3. The predicted octanol–water partition coefficient (Wildman–Crippen LogP) is 10.6. The lowest BCUT2D eigenvalue weighted by Crippen LogP contribution is -2.00.